The molecule has 0 saturated carbocycles. The number of benzene rings is 2. The molecule has 0 bridgehead atoms. The van der Waals surface area contributed by atoms with Gasteiger partial charge in [-0.05, 0) is 12.1 Å². The fraction of sp³-hybridized carbons (Fsp3) is 0.188. The van der Waals surface area contributed by atoms with Crippen LogP contribution in [0.2, 0.25) is 0 Å². The summed E-state index contributed by atoms with van der Waals surface area (Å²) in [6.07, 6.45) is 0. The Morgan fingerprint density at radius 3 is 2.63 bits per heavy atom. The van der Waals surface area contributed by atoms with Gasteiger partial charge in [0.2, 0.25) is 6.79 Å². The number of alkyl halides is 2. The third-order valence-electron chi connectivity index (χ3n) is 3.57. The van der Waals surface area contributed by atoms with Crippen LogP contribution in [-0.4, -0.2) is 31.3 Å². The number of hydrogen-bond donors (Lipinski definition) is 1. The molecule has 27 heavy (non-hydrogen) atoms. The van der Waals surface area contributed by atoms with Crippen LogP contribution in [0.4, 0.5) is 20.2 Å². The van der Waals surface area contributed by atoms with Gasteiger partial charge >= 0.3 is 6.61 Å². The Bertz CT molecular complexity index is 905. The van der Waals surface area contributed by atoms with E-state index in [9.17, 15) is 23.7 Å². The van der Waals surface area contributed by atoms with E-state index >= 15 is 0 Å². The summed E-state index contributed by atoms with van der Waals surface area (Å²) in [6, 6.07) is 6.23. The van der Waals surface area contributed by atoms with Gasteiger partial charge in [0.25, 0.3) is 11.6 Å². The van der Waals surface area contributed by atoms with Gasteiger partial charge in [-0.15, -0.1) is 0 Å². The Kier molecular flexibility index (Phi) is 4.92. The summed E-state index contributed by atoms with van der Waals surface area (Å²) in [4.78, 5) is 22.9. The van der Waals surface area contributed by atoms with Crippen LogP contribution in [0.1, 0.15) is 10.4 Å². The highest BCUT2D eigenvalue weighted by atomic mass is 19.3. The molecule has 11 heteroatoms. The van der Waals surface area contributed by atoms with Crippen molar-refractivity contribution < 1.29 is 37.4 Å². The van der Waals surface area contributed by atoms with Crippen LogP contribution in [0.3, 0.4) is 0 Å². The van der Waals surface area contributed by atoms with E-state index in [0.717, 1.165) is 13.2 Å². The van der Waals surface area contributed by atoms with Crippen molar-refractivity contribution in [2.75, 3.05) is 19.2 Å². The molecule has 1 N–H and O–H groups in total. The van der Waals surface area contributed by atoms with E-state index in [1.165, 1.54) is 12.1 Å². The number of carbonyl (C=O) groups excluding carboxylic acids is 1. The summed E-state index contributed by atoms with van der Waals surface area (Å²) < 4.78 is 44.4. The molecule has 0 saturated heterocycles. The number of nitrogens with one attached hydrogen (secondary N) is 1. The monoisotopic (exact) mass is 382 g/mol. The van der Waals surface area contributed by atoms with Gasteiger partial charge in [-0.2, -0.15) is 8.78 Å². The van der Waals surface area contributed by atoms with Crippen LogP contribution in [0.15, 0.2) is 30.3 Å². The zero-order valence-electron chi connectivity index (χ0n) is 13.7. The van der Waals surface area contributed by atoms with Crippen molar-refractivity contribution in [3.05, 3.63) is 46.0 Å². The molecule has 0 radical (unpaired) electrons. The summed E-state index contributed by atoms with van der Waals surface area (Å²) in [6.45, 7) is -3.17. The lowest BCUT2D eigenvalue weighted by Crippen LogP contribution is -2.15. The van der Waals surface area contributed by atoms with Gasteiger partial charge in [0.1, 0.15) is 5.56 Å². The molecule has 3 rings (SSSR count). The first kappa shape index (κ1) is 18.2. The molecule has 0 aliphatic carbocycles. The first-order valence-electron chi connectivity index (χ1n) is 7.41. The van der Waals surface area contributed by atoms with Crippen LogP contribution >= 0.6 is 0 Å². The maximum Gasteiger partial charge on any atom is 0.387 e. The van der Waals surface area contributed by atoms with E-state index in [0.29, 0.717) is 23.3 Å². The minimum absolute atomic E-state index is 0.0427. The lowest BCUT2D eigenvalue weighted by Gasteiger charge is -2.12. The number of anilines is 1. The highest BCUT2D eigenvalue weighted by Gasteiger charge is 2.26. The standard InChI is InChI=1S/C16H12F2N2O7/c1-24-12-5-9(10(20(22)23)6-14(12)27-16(17)18)15(21)19-8-2-3-11-13(4-8)26-7-25-11/h2-6,16H,7H2,1H3,(H,19,21). The molecular formula is C16H12F2N2O7. The number of hydrogen-bond acceptors (Lipinski definition) is 7. The summed E-state index contributed by atoms with van der Waals surface area (Å²) in [5.74, 6) is -0.757. The maximum atomic E-state index is 12.5. The van der Waals surface area contributed by atoms with E-state index in [1.807, 2.05) is 0 Å². The summed E-state index contributed by atoms with van der Waals surface area (Å²) in [5, 5.41) is 13.7. The van der Waals surface area contributed by atoms with E-state index in [-0.39, 0.29) is 12.5 Å². The number of amides is 1. The predicted molar refractivity (Wildman–Crippen MR) is 86.8 cm³/mol. The Morgan fingerprint density at radius 2 is 1.96 bits per heavy atom. The molecule has 2 aromatic carbocycles. The van der Waals surface area contributed by atoms with Crippen LogP contribution in [-0.2, 0) is 0 Å². The largest absolute Gasteiger partial charge is 0.493 e. The molecule has 0 unspecified atom stereocenters. The molecule has 1 aliphatic rings. The topological polar surface area (TPSA) is 109 Å². The van der Waals surface area contributed by atoms with Crippen LogP contribution in [0.5, 0.6) is 23.0 Å². The van der Waals surface area contributed by atoms with Crippen molar-refractivity contribution in [2.45, 2.75) is 6.61 Å². The fourth-order valence-electron chi connectivity index (χ4n) is 2.40. The van der Waals surface area contributed by atoms with Crippen LogP contribution in [0, 0.1) is 10.1 Å². The molecule has 0 fully saturated rings. The first-order chi connectivity index (χ1) is 12.9. The number of carbonyl (C=O) groups is 1. The van der Waals surface area contributed by atoms with E-state index < -0.39 is 34.4 Å². The summed E-state index contributed by atoms with van der Waals surface area (Å²) >= 11 is 0. The zero-order chi connectivity index (χ0) is 19.6. The molecule has 0 spiro atoms. The van der Waals surface area contributed by atoms with Gasteiger partial charge in [0.05, 0.1) is 18.1 Å². The molecule has 2 aromatic rings. The van der Waals surface area contributed by atoms with Gasteiger partial charge in [-0.3, -0.25) is 14.9 Å². The highest BCUT2D eigenvalue weighted by Crippen LogP contribution is 2.37. The average Bonchev–Trinajstić information content (AvgIpc) is 3.08. The van der Waals surface area contributed by atoms with Crippen LogP contribution in [0.25, 0.3) is 0 Å². The number of fused-ring (bicyclic) bond motifs is 1. The maximum absolute atomic E-state index is 12.5. The van der Waals surface area contributed by atoms with E-state index in [4.69, 9.17) is 14.2 Å². The average molecular weight is 382 g/mol. The van der Waals surface area contributed by atoms with Crippen molar-refractivity contribution in [2.24, 2.45) is 0 Å². The molecule has 1 heterocycles. The van der Waals surface area contributed by atoms with E-state index in [2.05, 4.69) is 10.1 Å². The molecule has 0 atom stereocenters. The summed E-state index contributed by atoms with van der Waals surface area (Å²) in [5.41, 5.74) is -0.814. The predicted octanol–water partition coefficient (Wildman–Crippen LogP) is 3.19. The fourth-order valence-corrected chi connectivity index (χ4v) is 2.40. The number of methoxy groups -OCH3 is 1. The second-order valence-electron chi connectivity index (χ2n) is 5.18. The Hall–Kier alpha value is -3.63. The molecular weight excluding hydrogens is 370 g/mol. The number of rotatable bonds is 6. The van der Waals surface area contributed by atoms with Gasteiger partial charge in [-0.25, -0.2) is 0 Å². The molecule has 1 aliphatic heterocycles. The number of ether oxygens (including phenoxy) is 4. The molecule has 0 aromatic heterocycles. The Morgan fingerprint density at radius 1 is 1.22 bits per heavy atom. The number of nitrogens with zero attached hydrogens (tertiary/aromatic N) is 1. The third-order valence-corrected chi connectivity index (χ3v) is 3.57. The van der Waals surface area contributed by atoms with Crippen molar-refractivity contribution >= 4 is 17.3 Å². The van der Waals surface area contributed by atoms with Crippen LogP contribution < -0.4 is 24.3 Å². The van der Waals surface area contributed by atoms with Gasteiger partial charge < -0.3 is 24.3 Å². The lowest BCUT2D eigenvalue weighted by atomic mass is 10.1. The second kappa shape index (κ2) is 7.32. The Labute approximate surface area is 150 Å². The van der Waals surface area contributed by atoms with Gasteiger partial charge in [-0.1, -0.05) is 0 Å². The summed E-state index contributed by atoms with van der Waals surface area (Å²) in [7, 11) is 1.15. The molecule has 1 amide bonds. The minimum Gasteiger partial charge on any atom is -0.493 e. The van der Waals surface area contributed by atoms with Crippen molar-refractivity contribution in [3.63, 3.8) is 0 Å². The third kappa shape index (κ3) is 3.81. The second-order valence-corrected chi connectivity index (χ2v) is 5.18. The number of halogens is 2. The molecule has 9 nitrogen and oxygen atoms in total. The van der Waals surface area contributed by atoms with E-state index in [1.54, 1.807) is 6.07 Å². The quantitative estimate of drug-likeness (QED) is 0.604. The van der Waals surface area contributed by atoms with Crippen molar-refractivity contribution in [1.29, 1.82) is 0 Å². The number of nitro groups is 1. The number of nitro benzene ring substituents is 1. The highest BCUT2D eigenvalue weighted by molar-refractivity contribution is 6.07. The van der Waals surface area contributed by atoms with Gasteiger partial charge in [0.15, 0.2) is 23.0 Å². The van der Waals surface area contributed by atoms with Gasteiger partial charge in [0, 0.05) is 17.8 Å². The molecule has 142 valence electrons. The van der Waals surface area contributed by atoms with Crippen molar-refractivity contribution in [1.82, 2.24) is 0 Å². The first-order valence-corrected chi connectivity index (χ1v) is 7.41. The normalized spacial score (nSPS) is 12.0. The smallest absolute Gasteiger partial charge is 0.387 e. The SMILES string of the molecule is COc1cc(C(=O)Nc2ccc3c(c2)OCO3)c([N+](=O)[O-])cc1OC(F)F. The lowest BCUT2D eigenvalue weighted by molar-refractivity contribution is -0.385. The minimum atomic E-state index is -3.22. The Balaban J connectivity index is 1.94. The zero-order valence-corrected chi connectivity index (χ0v) is 13.7. The van der Waals surface area contributed by atoms with Crippen molar-refractivity contribution in [3.8, 4) is 23.0 Å².